The molecule has 0 aromatic heterocycles. The number of carbonyl (C=O) groups excluding carboxylic acids is 1. The summed E-state index contributed by atoms with van der Waals surface area (Å²) in [5, 5.41) is 0. The van der Waals surface area contributed by atoms with Gasteiger partial charge in [0.2, 0.25) is 0 Å². The van der Waals surface area contributed by atoms with Crippen LogP contribution in [0.3, 0.4) is 0 Å². The van der Waals surface area contributed by atoms with E-state index in [1.165, 1.54) is 53.3 Å². The van der Waals surface area contributed by atoms with Crippen molar-refractivity contribution in [2.24, 2.45) is 5.73 Å². The number of amides is 1. The molecule has 0 saturated carbocycles. The van der Waals surface area contributed by atoms with Crippen LogP contribution in [0.15, 0.2) is 60.7 Å². The molecule has 1 fully saturated rings. The Morgan fingerprint density at radius 3 is 2.35 bits per heavy atom. The van der Waals surface area contributed by atoms with Gasteiger partial charge in [-0.1, -0.05) is 41.5 Å². The zero-order valence-corrected chi connectivity index (χ0v) is 17.9. The van der Waals surface area contributed by atoms with Crippen LogP contribution in [-0.4, -0.2) is 17.4 Å². The summed E-state index contributed by atoms with van der Waals surface area (Å²) in [7, 11) is 0. The maximum absolute atomic E-state index is 13.9. The van der Waals surface area contributed by atoms with Crippen molar-refractivity contribution in [1.29, 1.82) is 0 Å². The number of halogens is 1. The highest BCUT2D eigenvalue weighted by atomic mass is 19.1. The number of rotatable bonds is 6. The molecule has 0 bridgehead atoms. The largest absolute Gasteiger partial charge is 0.457 e. The lowest BCUT2D eigenvalue weighted by molar-refractivity contribution is 0.0996. The monoisotopic (exact) mass is 418 g/mol. The molecule has 1 atom stereocenters. The Balaban J connectivity index is 1.43. The van der Waals surface area contributed by atoms with Gasteiger partial charge in [-0.25, -0.2) is 4.39 Å². The summed E-state index contributed by atoms with van der Waals surface area (Å²) in [5.41, 5.74) is 10.2. The third-order valence-corrected chi connectivity index (χ3v) is 5.74. The molecule has 5 heteroatoms. The molecule has 1 unspecified atom stereocenters. The predicted molar refractivity (Wildman–Crippen MR) is 120 cm³/mol. The molecule has 0 aliphatic carbocycles. The lowest BCUT2D eigenvalue weighted by Crippen LogP contribution is -2.22. The average Bonchev–Trinajstić information content (AvgIpc) is 3.17. The lowest BCUT2D eigenvalue weighted by atomic mass is 9.99. The second kappa shape index (κ2) is 8.90. The van der Waals surface area contributed by atoms with Crippen molar-refractivity contribution in [2.75, 3.05) is 6.54 Å². The Labute approximate surface area is 182 Å². The molecule has 3 aromatic carbocycles. The number of nitrogens with zero attached hydrogens (tertiary/aromatic N) is 1. The summed E-state index contributed by atoms with van der Waals surface area (Å²) in [6.45, 7) is 6.27. The van der Waals surface area contributed by atoms with Crippen molar-refractivity contribution in [2.45, 2.75) is 39.3 Å². The van der Waals surface area contributed by atoms with Gasteiger partial charge in [0, 0.05) is 18.7 Å². The first-order valence-corrected chi connectivity index (χ1v) is 10.6. The topological polar surface area (TPSA) is 55.6 Å². The SMILES string of the molecule is Cc1cc(C)cc(C2CCCN2Cc2ccc(Oc3ccc(C(N)=O)c(F)c3)cc2)c1. The van der Waals surface area contributed by atoms with Gasteiger partial charge in [-0.15, -0.1) is 0 Å². The van der Waals surface area contributed by atoms with E-state index in [0.717, 1.165) is 13.1 Å². The van der Waals surface area contributed by atoms with Gasteiger partial charge in [0.05, 0.1) is 5.56 Å². The molecule has 31 heavy (non-hydrogen) atoms. The van der Waals surface area contributed by atoms with Gasteiger partial charge in [-0.05, 0) is 68.6 Å². The molecule has 1 aliphatic rings. The van der Waals surface area contributed by atoms with E-state index in [0.29, 0.717) is 17.5 Å². The summed E-state index contributed by atoms with van der Waals surface area (Å²) in [4.78, 5) is 13.7. The number of hydrogen-bond acceptors (Lipinski definition) is 3. The van der Waals surface area contributed by atoms with Gasteiger partial charge in [0.1, 0.15) is 17.3 Å². The summed E-state index contributed by atoms with van der Waals surface area (Å²) < 4.78 is 19.7. The van der Waals surface area contributed by atoms with E-state index in [1.54, 1.807) is 0 Å². The zero-order valence-electron chi connectivity index (χ0n) is 17.9. The molecule has 160 valence electrons. The van der Waals surface area contributed by atoms with Crippen LogP contribution < -0.4 is 10.5 Å². The number of primary amides is 1. The van der Waals surface area contributed by atoms with Crippen molar-refractivity contribution in [3.8, 4) is 11.5 Å². The molecule has 1 saturated heterocycles. The normalized spacial score (nSPS) is 16.4. The fourth-order valence-electron chi connectivity index (χ4n) is 4.39. The van der Waals surface area contributed by atoms with Crippen LogP contribution in [0.2, 0.25) is 0 Å². The van der Waals surface area contributed by atoms with Crippen LogP contribution in [-0.2, 0) is 6.54 Å². The smallest absolute Gasteiger partial charge is 0.251 e. The van der Waals surface area contributed by atoms with Crippen LogP contribution in [0.1, 0.15) is 51.5 Å². The molecule has 1 heterocycles. The first-order chi connectivity index (χ1) is 14.9. The van der Waals surface area contributed by atoms with Crippen LogP contribution >= 0.6 is 0 Å². The molecule has 3 aromatic rings. The Morgan fingerprint density at radius 2 is 1.71 bits per heavy atom. The third kappa shape index (κ3) is 4.94. The zero-order chi connectivity index (χ0) is 22.0. The van der Waals surface area contributed by atoms with Gasteiger partial charge in [-0.3, -0.25) is 9.69 Å². The molecule has 2 N–H and O–H groups in total. The number of aryl methyl sites for hydroxylation is 2. The van der Waals surface area contributed by atoms with E-state index < -0.39 is 11.7 Å². The van der Waals surface area contributed by atoms with E-state index in [4.69, 9.17) is 10.5 Å². The number of likely N-dealkylation sites (tertiary alicyclic amines) is 1. The highest BCUT2D eigenvalue weighted by Gasteiger charge is 2.26. The predicted octanol–water partition coefficient (Wildman–Crippen LogP) is 5.67. The molecule has 4 nitrogen and oxygen atoms in total. The number of carbonyl (C=O) groups is 1. The van der Waals surface area contributed by atoms with Crippen molar-refractivity contribution in [3.63, 3.8) is 0 Å². The minimum absolute atomic E-state index is 0.147. The average molecular weight is 419 g/mol. The quantitative estimate of drug-likeness (QED) is 0.561. The highest BCUT2D eigenvalue weighted by Crippen LogP contribution is 2.34. The molecular weight excluding hydrogens is 391 g/mol. The molecule has 1 aliphatic heterocycles. The fourth-order valence-corrected chi connectivity index (χ4v) is 4.39. The van der Waals surface area contributed by atoms with E-state index >= 15 is 0 Å². The minimum Gasteiger partial charge on any atom is -0.457 e. The Bertz CT molecular complexity index is 1070. The maximum Gasteiger partial charge on any atom is 0.251 e. The van der Waals surface area contributed by atoms with Gasteiger partial charge >= 0.3 is 0 Å². The highest BCUT2D eigenvalue weighted by molar-refractivity contribution is 5.93. The molecule has 0 spiro atoms. The first-order valence-electron chi connectivity index (χ1n) is 10.6. The lowest BCUT2D eigenvalue weighted by Gasteiger charge is -2.25. The molecule has 1 amide bonds. The number of nitrogens with two attached hydrogens (primary N) is 1. The van der Waals surface area contributed by atoms with Crippen LogP contribution in [0, 0.1) is 19.7 Å². The van der Waals surface area contributed by atoms with Gasteiger partial charge < -0.3 is 10.5 Å². The fraction of sp³-hybridized carbons (Fsp3) is 0.269. The van der Waals surface area contributed by atoms with Crippen LogP contribution in [0.5, 0.6) is 11.5 Å². The minimum atomic E-state index is -0.797. The Kier molecular flexibility index (Phi) is 6.05. The molecule has 4 rings (SSSR count). The second-order valence-corrected chi connectivity index (χ2v) is 8.30. The van der Waals surface area contributed by atoms with Crippen molar-refractivity contribution >= 4 is 5.91 Å². The second-order valence-electron chi connectivity index (χ2n) is 8.30. The summed E-state index contributed by atoms with van der Waals surface area (Å²) in [5.74, 6) is -0.547. The van der Waals surface area contributed by atoms with Crippen molar-refractivity contribution in [3.05, 3.63) is 94.3 Å². The summed E-state index contributed by atoms with van der Waals surface area (Å²) in [6.07, 6.45) is 2.38. The number of hydrogen-bond donors (Lipinski definition) is 1. The molecular formula is C26H27FN2O2. The third-order valence-electron chi connectivity index (χ3n) is 5.74. The van der Waals surface area contributed by atoms with Gasteiger partial charge in [-0.2, -0.15) is 0 Å². The number of ether oxygens (including phenoxy) is 1. The van der Waals surface area contributed by atoms with Crippen LogP contribution in [0.4, 0.5) is 4.39 Å². The van der Waals surface area contributed by atoms with E-state index in [9.17, 15) is 9.18 Å². The number of benzene rings is 3. The summed E-state index contributed by atoms with van der Waals surface area (Å²) in [6, 6.07) is 19.2. The van der Waals surface area contributed by atoms with E-state index in [-0.39, 0.29) is 5.56 Å². The van der Waals surface area contributed by atoms with Gasteiger partial charge in [0.15, 0.2) is 0 Å². The molecule has 0 radical (unpaired) electrons. The van der Waals surface area contributed by atoms with Crippen molar-refractivity contribution in [1.82, 2.24) is 4.90 Å². The standard InChI is InChI=1S/C26H27FN2O2/c1-17-12-18(2)14-20(13-17)25-4-3-11-29(25)16-19-5-7-21(8-6-19)31-22-9-10-23(26(28)30)24(27)15-22/h5-10,12-15,25H,3-4,11,16H2,1-2H3,(H2,28,30). The first kappa shape index (κ1) is 21.1. The maximum atomic E-state index is 13.9. The van der Waals surface area contributed by atoms with Gasteiger partial charge in [0.25, 0.3) is 5.91 Å². The van der Waals surface area contributed by atoms with Crippen LogP contribution in [0.25, 0.3) is 0 Å². The van der Waals surface area contributed by atoms with E-state index in [1.807, 2.05) is 24.3 Å². The summed E-state index contributed by atoms with van der Waals surface area (Å²) >= 11 is 0. The Morgan fingerprint density at radius 1 is 1.03 bits per heavy atom. The van der Waals surface area contributed by atoms with Crippen molar-refractivity contribution < 1.29 is 13.9 Å². The van der Waals surface area contributed by atoms with E-state index in [2.05, 4.69) is 36.9 Å². The Hall–Kier alpha value is -3.18.